The van der Waals surface area contributed by atoms with Crippen LogP contribution in [0.5, 0.6) is 5.75 Å². The fourth-order valence-electron chi connectivity index (χ4n) is 3.68. The van der Waals surface area contributed by atoms with Crippen LogP contribution in [0.15, 0.2) is 52.9 Å². The second-order valence-corrected chi connectivity index (χ2v) is 8.20. The maximum absolute atomic E-state index is 11.8. The predicted octanol–water partition coefficient (Wildman–Crippen LogP) is 4.75. The van der Waals surface area contributed by atoms with Crippen LogP contribution in [0.1, 0.15) is 48.8 Å². The number of aromatic nitrogens is 1. The number of hydrogen-bond acceptors (Lipinski definition) is 6. The number of carbonyl (C=O) groups is 2. The van der Waals surface area contributed by atoms with E-state index in [0.717, 1.165) is 34.6 Å². The summed E-state index contributed by atoms with van der Waals surface area (Å²) in [6.45, 7) is 5.08. The number of benzene rings is 2. The molecule has 1 aromatic heterocycles. The molecular formula is C27H32N2O5. The van der Waals surface area contributed by atoms with Crippen molar-refractivity contribution in [2.45, 2.75) is 52.5 Å². The molecule has 7 heteroatoms. The highest BCUT2D eigenvalue weighted by Crippen LogP contribution is 2.23. The Morgan fingerprint density at radius 2 is 1.85 bits per heavy atom. The summed E-state index contributed by atoms with van der Waals surface area (Å²) < 4.78 is 11.8. The van der Waals surface area contributed by atoms with Gasteiger partial charge in [0.25, 0.3) is 0 Å². The largest absolute Gasteiger partial charge is 0.493 e. The minimum Gasteiger partial charge on any atom is -0.493 e. The van der Waals surface area contributed by atoms with Crippen molar-refractivity contribution >= 4 is 11.8 Å². The van der Waals surface area contributed by atoms with Gasteiger partial charge in [-0.15, -0.1) is 0 Å². The van der Waals surface area contributed by atoms with Crippen molar-refractivity contribution < 1.29 is 23.8 Å². The highest BCUT2D eigenvalue weighted by molar-refractivity contribution is 5.80. The normalized spacial score (nSPS) is 10.9. The topological polar surface area (TPSA) is 102 Å². The van der Waals surface area contributed by atoms with E-state index in [4.69, 9.17) is 14.3 Å². The lowest BCUT2D eigenvalue weighted by atomic mass is 10.0. The van der Waals surface area contributed by atoms with Crippen LogP contribution in [0.25, 0.3) is 11.5 Å². The third kappa shape index (κ3) is 7.56. The van der Waals surface area contributed by atoms with Crippen LogP contribution in [0.2, 0.25) is 0 Å². The van der Waals surface area contributed by atoms with E-state index < -0.39 is 5.97 Å². The smallest absolute Gasteiger partial charge is 0.303 e. The molecule has 2 N–H and O–H groups in total. The van der Waals surface area contributed by atoms with Crippen molar-refractivity contribution in [3.05, 3.63) is 71.1 Å². The molecule has 7 nitrogen and oxygen atoms in total. The molecule has 1 heterocycles. The number of oxazole rings is 1. The van der Waals surface area contributed by atoms with Crippen molar-refractivity contribution in [1.82, 2.24) is 10.3 Å². The summed E-state index contributed by atoms with van der Waals surface area (Å²) >= 11 is 0. The summed E-state index contributed by atoms with van der Waals surface area (Å²) in [4.78, 5) is 27.5. The molecule has 0 spiro atoms. The number of carboxylic acid groups (broad SMARTS) is 1. The number of ether oxygens (including phenoxy) is 1. The molecule has 180 valence electrons. The van der Waals surface area contributed by atoms with Crippen LogP contribution < -0.4 is 10.1 Å². The van der Waals surface area contributed by atoms with Crippen LogP contribution in [0.3, 0.4) is 0 Å². The van der Waals surface area contributed by atoms with Crippen molar-refractivity contribution in [3.63, 3.8) is 0 Å². The highest BCUT2D eigenvalue weighted by atomic mass is 16.5. The Bertz CT molecular complexity index is 1090. The lowest BCUT2D eigenvalue weighted by molar-refractivity contribution is -0.137. The average Bonchev–Trinajstić information content (AvgIpc) is 3.19. The van der Waals surface area contributed by atoms with Crippen LogP contribution in [-0.4, -0.2) is 35.0 Å². The first-order valence-electron chi connectivity index (χ1n) is 11.7. The first-order chi connectivity index (χ1) is 16.5. The van der Waals surface area contributed by atoms with Crippen LogP contribution >= 0.6 is 0 Å². The fourth-order valence-corrected chi connectivity index (χ4v) is 3.68. The quantitative estimate of drug-likeness (QED) is 0.355. The van der Waals surface area contributed by atoms with Gasteiger partial charge in [0.05, 0.1) is 18.8 Å². The molecule has 0 aliphatic rings. The monoisotopic (exact) mass is 464 g/mol. The zero-order chi connectivity index (χ0) is 24.3. The van der Waals surface area contributed by atoms with Gasteiger partial charge in [0, 0.05) is 31.4 Å². The summed E-state index contributed by atoms with van der Waals surface area (Å²) in [5, 5.41) is 12.2. The summed E-state index contributed by atoms with van der Waals surface area (Å²) in [7, 11) is 0. The van der Waals surface area contributed by atoms with Gasteiger partial charge in [-0.25, -0.2) is 4.98 Å². The standard InChI is InChI=1S/C27H32N2O5/c1-3-7-23(30)18-28-17-22-16-24(12-10-20(22)11-13-26(31)32)33-15-14-25-19(2)34-27(29-25)21-8-5-4-6-9-21/h4-6,8-10,12,16,28H,3,7,11,13-15,17-18H2,1-2H3,(H,31,32). The average molecular weight is 465 g/mol. The third-order valence-electron chi connectivity index (χ3n) is 5.47. The van der Waals surface area contributed by atoms with Crippen LogP contribution in [0.4, 0.5) is 0 Å². The maximum Gasteiger partial charge on any atom is 0.303 e. The van der Waals surface area contributed by atoms with E-state index in [0.29, 0.717) is 50.6 Å². The molecule has 0 aliphatic heterocycles. The Balaban J connectivity index is 1.62. The summed E-state index contributed by atoms with van der Waals surface area (Å²) in [5.41, 5.74) is 3.66. The minimum absolute atomic E-state index is 0.0527. The molecule has 0 saturated heterocycles. The Morgan fingerprint density at radius 3 is 2.59 bits per heavy atom. The van der Waals surface area contributed by atoms with Gasteiger partial charge in [0.2, 0.25) is 5.89 Å². The van der Waals surface area contributed by atoms with E-state index in [1.807, 2.05) is 62.4 Å². The van der Waals surface area contributed by atoms with Gasteiger partial charge in [0.15, 0.2) is 0 Å². The third-order valence-corrected chi connectivity index (χ3v) is 5.47. The van der Waals surface area contributed by atoms with E-state index >= 15 is 0 Å². The molecule has 0 aliphatic carbocycles. The zero-order valence-corrected chi connectivity index (χ0v) is 19.8. The SMILES string of the molecule is CCCC(=O)CNCc1cc(OCCc2nc(-c3ccccc3)oc2C)ccc1CCC(=O)O. The molecule has 0 unspecified atom stereocenters. The molecule has 0 radical (unpaired) electrons. The fraction of sp³-hybridized carbons (Fsp3) is 0.370. The van der Waals surface area contributed by atoms with Crippen molar-refractivity contribution in [2.75, 3.05) is 13.2 Å². The van der Waals surface area contributed by atoms with Gasteiger partial charge in [-0.1, -0.05) is 31.2 Å². The van der Waals surface area contributed by atoms with Crippen molar-refractivity contribution in [2.24, 2.45) is 0 Å². The lowest BCUT2D eigenvalue weighted by Gasteiger charge is -2.13. The number of carbonyl (C=O) groups excluding carboxylic acids is 1. The first kappa shape index (κ1) is 25.2. The highest BCUT2D eigenvalue weighted by Gasteiger charge is 2.12. The Labute approximate surface area is 200 Å². The second-order valence-electron chi connectivity index (χ2n) is 8.20. The van der Waals surface area contributed by atoms with Crippen LogP contribution in [-0.2, 0) is 29.0 Å². The number of Topliss-reactive ketones (excluding diaryl/α,β-unsaturated/α-hetero) is 1. The number of nitrogens with zero attached hydrogens (tertiary/aromatic N) is 1. The zero-order valence-electron chi connectivity index (χ0n) is 19.8. The molecular weight excluding hydrogens is 432 g/mol. The van der Waals surface area contributed by atoms with E-state index in [9.17, 15) is 9.59 Å². The number of ketones is 1. The second kappa shape index (κ2) is 12.7. The molecule has 0 fully saturated rings. The van der Waals surface area contributed by atoms with Gasteiger partial charge in [-0.2, -0.15) is 0 Å². The summed E-state index contributed by atoms with van der Waals surface area (Å²) in [5.74, 6) is 1.39. The number of hydrogen-bond donors (Lipinski definition) is 2. The number of nitrogens with one attached hydrogen (secondary N) is 1. The first-order valence-corrected chi connectivity index (χ1v) is 11.7. The summed E-state index contributed by atoms with van der Waals surface area (Å²) in [6, 6.07) is 15.4. The van der Waals surface area contributed by atoms with Crippen molar-refractivity contribution in [3.8, 4) is 17.2 Å². The van der Waals surface area contributed by atoms with Gasteiger partial charge < -0.3 is 19.6 Å². The Hall–Kier alpha value is -3.45. The Kier molecular flexibility index (Phi) is 9.40. The molecule has 2 aromatic carbocycles. The molecule has 0 atom stereocenters. The predicted molar refractivity (Wildman–Crippen MR) is 130 cm³/mol. The van der Waals surface area contributed by atoms with Gasteiger partial charge in [-0.3, -0.25) is 9.59 Å². The van der Waals surface area contributed by atoms with Gasteiger partial charge in [-0.05, 0) is 55.2 Å². The molecule has 3 rings (SSSR count). The number of aliphatic carboxylic acids is 1. The Morgan fingerprint density at radius 1 is 1.06 bits per heavy atom. The van der Waals surface area contributed by atoms with Crippen molar-refractivity contribution in [1.29, 1.82) is 0 Å². The van der Waals surface area contributed by atoms with E-state index in [1.165, 1.54) is 0 Å². The van der Waals surface area contributed by atoms with E-state index in [-0.39, 0.29) is 12.2 Å². The summed E-state index contributed by atoms with van der Waals surface area (Å²) in [6.07, 6.45) is 2.45. The maximum atomic E-state index is 11.8. The van der Waals surface area contributed by atoms with E-state index in [1.54, 1.807) is 0 Å². The lowest BCUT2D eigenvalue weighted by Crippen LogP contribution is -2.23. The minimum atomic E-state index is -0.838. The molecule has 3 aromatic rings. The molecule has 0 amide bonds. The number of rotatable bonds is 14. The van der Waals surface area contributed by atoms with Gasteiger partial charge in [0.1, 0.15) is 17.3 Å². The van der Waals surface area contributed by atoms with E-state index in [2.05, 4.69) is 10.3 Å². The molecule has 0 saturated carbocycles. The number of carboxylic acids is 1. The molecule has 34 heavy (non-hydrogen) atoms. The van der Waals surface area contributed by atoms with Crippen LogP contribution in [0, 0.1) is 6.92 Å². The molecule has 0 bridgehead atoms. The van der Waals surface area contributed by atoms with Gasteiger partial charge >= 0.3 is 5.97 Å². The number of aryl methyl sites for hydroxylation is 2.